The van der Waals surface area contributed by atoms with E-state index in [9.17, 15) is 14.9 Å². The first kappa shape index (κ1) is 19.9. The third kappa shape index (κ3) is 4.16. The van der Waals surface area contributed by atoms with E-state index in [2.05, 4.69) is 16.3 Å². The number of rotatable bonds is 5. The molecule has 0 bridgehead atoms. The Morgan fingerprint density at radius 1 is 1.39 bits per heavy atom. The van der Waals surface area contributed by atoms with Crippen LogP contribution in [0.2, 0.25) is 0 Å². The Balaban J connectivity index is 1.78. The highest BCUT2D eigenvalue weighted by Crippen LogP contribution is 2.19. The minimum atomic E-state index is -1.05. The summed E-state index contributed by atoms with van der Waals surface area (Å²) in [6.07, 6.45) is -0.638. The van der Waals surface area contributed by atoms with Crippen molar-refractivity contribution in [3.63, 3.8) is 0 Å². The third-order valence-corrected chi connectivity index (χ3v) is 5.34. The summed E-state index contributed by atoms with van der Waals surface area (Å²) in [6.45, 7) is 4.31. The fourth-order valence-electron chi connectivity index (χ4n) is 3.84. The highest BCUT2D eigenvalue weighted by atomic mass is 16.5. The van der Waals surface area contributed by atoms with Gasteiger partial charge in [0.25, 0.3) is 5.56 Å². The smallest absolute Gasteiger partial charge is 0.404 e. The molecule has 1 amide bonds. The van der Waals surface area contributed by atoms with Gasteiger partial charge in [-0.25, -0.2) is 4.79 Å². The van der Waals surface area contributed by atoms with Gasteiger partial charge in [0.05, 0.1) is 29.3 Å². The fourth-order valence-corrected chi connectivity index (χ4v) is 3.84. The van der Waals surface area contributed by atoms with Crippen molar-refractivity contribution in [3.8, 4) is 6.07 Å². The van der Waals surface area contributed by atoms with Gasteiger partial charge in [0.2, 0.25) is 0 Å². The monoisotopic (exact) mass is 384 g/mol. The lowest BCUT2D eigenvalue weighted by Crippen LogP contribution is -2.55. The molecule has 148 valence electrons. The first-order valence-electron chi connectivity index (χ1n) is 9.22. The summed E-state index contributed by atoms with van der Waals surface area (Å²) in [6, 6.07) is 8.90. The minimum absolute atomic E-state index is 0.0918. The zero-order valence-electron chi connectivity index (χ0n) is 16.0. The lowest BCUT2D eigenvalue weighted by molar-refractivity contribution is 0.00609. The maximum Gasteiger partial charge on any atom is 0.404 e. The van der Waals surface area contributed by atoms with Gasteiger partial charge < -0.3 is 19.7 Å². The number of amides is 1. The molecule has 28 heavy (non-hydrogen) atoms. The topological polar surface area (TPSA) is 108 Å². The molecule has 1 fully saturated rings. The Morgan fingerprint density at radius 2 is 2.18 bits per heavy atom. The van der Waals surface area contributed by atoms with Crippen LogP contribution in [0.25, 0.3) is 10.9 Å². The first-order valence-corrected chi connectivity index (χ1v) is 9.22. The van der Waals surface area contributed by atoms with Gasteiger partial charge in [-0.15, -0.1) is 0 Å². The van der Waals surface area contributed by atoms with Crippen molar-refractivity contribution >= 4 is 17.0 Å². The molecule has 2 atom stereocenters. The third-order valence-electron chi connectivity index (χ3n) is 5.34. The van der Waals surface area contributed by atoms with Crippen molar-refractivity contribution in [1.29, 1.82) is 5.26 Å². The molecule has 1 aliphatic rings. The van der Waals surface area contributed by atoms with Gasteiger partial charge in [0, 0.05) is 44.7 Å². The van der Waals surface area contributed by atoms with Crippen LogP contribution in [-0.2, 0) is 11.3 Å². The Kier molecular flexibility index (Phi) is 5.97. The number of nitrogens with zero attached hydrogens (tertiary/aromatic N) is 3. The van der Waals surface area contributed by atoms with Crippen molar-refractivity contribution in [2.24, 2.45) is 0 Å². The van der Waals surface area contributed by atoms with E-state index in [1.54, 1.807) is 29.9 Å². The number of methoxy groups -OCH3 is 1. The van der Waals surface area contributed by atoms with E-state index < -0.39 is 6.09 Å². The number of carboxylic acid groups (broad SMARTS) is 1. The van der Waals surface area contributed by atoms with Gasteiger partial charge in [-0.3, -0.25) is 9.69 Å². The van der Waals surface area contributed by atoms with Crippen LogP contribution in [0.1, 0.15) is 17.5 Å². The number of fused-ring (bicyclic) bond motifs is 1. The molecule has 0 unspecified atom stereocenters. The summed E-state index contributed by atoms with van der Waals surface area (Å²) in [5.74, 6) is 0. The number of benzene rings is 1. The average molecular weight is 384 g/mol. The van der Waals surface area contributed by atoms with E-state index in [0.29, 0.717) is 38.2 Å². The number of nitriles is 1. The minimum Gasteiger partial charge on any atom is -0.465 e. The molecule has 1 aromatic heterocycles. The van der Waals surface area contributed by atoms with Crippen LogP contribution in [-0.4, -0.2) is 59.6 Å². The van der Waals surface area contributed by atoms with Crippen LogP contribution in [0.15, 0.2) is 29.1 Å². The molecule has 0 spiro atoms. The molecule has 0 saturated carbocycles. The number of aromatic nitrogens is 1. The van der Waals surface area contributed by atoms with Gasteiger partial charge in [0.1, 0.15) is 0 Å². The molecule has 1 aliphatic heterocycles. The molecule has 1 aromatic carbocycles. The highest BCUT2D eigenvalue weighted by molar-refractivity contribution is 5.83. The summed E-state index contributed by atoms with van der Waals surface area (Å²) < 4.78 is 7.16. The number of aryl methyl sites for hydroxylation is 1. The summed E-state index contributed by atoms with van der Waals surface area (Å²) in [5, 5.41) is 21.6. The van der Waals surface area contributed by atoms with Gasteiger partial charge in [-0.05, 0) is 31.0 Å². The first-order chi connectivity index (χ1) is 13.4. The zero-order valence-corrected chi connectivity index (χ0v) is 16.0. The van der Waals surface area contributed by atoms with Crippen molar-refractivity contribution in [1.82, 2.24) is 14.8 Å². The Hall–Kier alpha value is -2.89. The molecule has 2 aromatic rings. The molecular formula is C20H24N4O4. The number of piperidine rings is 1. The molecule has 3 rings (SSSR count). The lowest BCUT2D eigenvalue weighted by Gasteiger charge is -2.37. The van der Waals surface area contributed by atoms with Crippen LogP contribution < -0.4 is 10.9 Å². The summed E-state index contributed by atoms with van der Waals surface area (Å²) in [5.41, 5.74) is 2.08. The molecule has 0 radical (unpaired) electrons. The van der Waals surface area contributed by atoms with Gasteiger partial charge in [-0.2, -0.15) is 5.26 Å². The molecule has 2 N–H and O–H groups in total. The average Bonchev–Trinajstić information content (AvgIpc) is 2.67. The Bertz CT molecular complexity index is 979. The summed E-state index contributed by atoms with van der Waals surface area (Å²) in [4.78, 5) is 25.7. The highest BCUT2D eigenvalue weighted by Gasteiger charge is 2.30. The second-order valence-corrected chi connectivity index (χ2v) is 7.08. The largest absolute Gasteiger partial charge is 0.465 e. The van der Waals surface area contributed by atoms with E-state index in [4.69, 9.17) is 9.84 Å². The fraction of sp³-hybridized carbons (Fsp3) is 0.450. The predicted octanol–water partition coefficient (Wildman–Crippen LogP) is 1.54. The number of nitrogens with one attached hydrogen (secondary N) is 1. The molecule has 8 heteroatoms. The summed E-state index contributed by atoms with van der Waals surface area (Å²) in [7, 11) is 1.58. The van der Waals surface area contributed by atoms with Gasteiger partial charge >= 0.3 is 6.09 Å². The van der Waals surface area contributed by atoms with E-state index in [-0.39, 0.29) is 17.7 Å². The SMILES string of the molecule is CO[C@H]1CN(CCn2c(=O)cc(C)c3ccc(C#N)cc32)CC[C@@H]1NC(=O)O. The number of hydrogen-bond donors (Lipinski definition) is 2. The second kappa shape index (κ2) is 8.42. The molecule has 0 aliphatic carbocycles. The quantitative estimate of drug-likeness (QED) is 0.810. The molecule has 1 saturated heterocycles. The Labute approximate surface area is 162 Å². The van der Waals surface area contributed by atoms with Crippen LogP contribution in [0.3, 0.4) is 0 Å². The number of likely N-dealkylation sites (tertiary alicyclic amines) is 1. The number of hydrogen-bond acceptors (Lipinski definition) is 5. The van der Waals surface area contributed by atoms with E-state index in [1.165, 1.54) is 0 Å². The van der Waals surface area contributed by atoms with Gasteiger partial charge in [0.15, 0.2) is 0 Å². The number of carbonyl (C=O) groups is 1. The summed E-state index contributed by atoms with van der Waals surface area (Å²) >= 11 is 0. The predicted molar refractivity (Wildman–Crippen MR) is 104 cm³/mol. The van der Waals surface area contributed by atoms with Crippen LogP contribution >= 0.6 is 0 Å². The van der Waals surface area contributed by atoms with Crippen molar-refractivity contribution in [3.05, 3.63) is 45.7 Å². The standard InChI is InChI=1S/C20H24N4O4/c1-13-9-19(25)24(17-10-14(11-21)3-4-15(13)17)8-7-23-6-5-16(22-20(26)27)18(12-23)28-2/h3-4,9-10,16,18,22H,5-8,12H2,1-2H3,(H,26,27)/t16-,18-/m0/s1. The zero-order chi connectivity index (χ0) is 20.3. The maximum absolute atomic E-state index is 12.6. The second-order valence-electron chi connectivity index (χ2n) is 7.08. The van der Waals surface area contributed by atoms with E-state index in [1.807, 2.05) is 13.0 Å². The van der Waals surface area contributed by atoms with Crippen molar-refractivity contribution in [2.75, 3.05) is 26.7 Å². The molecular weight excluding hydrogens is 360 g/mol. The van der Waals surface area contributed by atoms with Gasteiger partial charge in [-0.1, -0.05) is 6.07 Å². The van der Waals surface area contributed by atoms with Crippen molar-refractivity contribution in [2.45, 2.75) is 32.0 Å². The Morgan fingerprint density at radius 3 is 2.86 bits per heavy atom. The normalized spacial score (nSPS) is 20.0. The van der Waals surface area contributed by atoms with Crippen molar-refractivity contribution < 1.29 is 14.6 Å². The van der Waals surface area contributed by atoms with Crippen LogP contribution in [0.4, 0.5) is 4.79 Å². The van der Waals surface area contributed by atoms with Crippen LogP contribution in [0, 0.1) is 18.3 Å². The molecule has 2 heterocycles. The van der Waals surface area contributed by atoms with E-state index in [0.717, 1.165) is 16.5 Å². The lowest BCUT2D eigenvalue weighted by atomic mass is 10.0. The maximum atomic E-state index is 12.6. The number of ether oxygens (including phenoxy) is 1. The molecule has 8 nitrogen and oxygen atoms in total. The number of pyridine rings is 1. The van der Waals surface area contributed by atoms with E-state index >= 15 is 0 Å². The van der Waals surface area contributed by atoms with Crippen LogP contribution in [0.5, 0.6) is 0 Å².